The third-order valence-corrected chi connectivity index (χ3v) is 7.26. The predicted molar refractivity (Wildman–Crippen MR) is 121 cm³/mol. The Balaban J connectivity index is 1.93. The van der Waals surface area contributed by atoms with Crippen molar-refractivity contribution in [1.29, 1.82) is 0 Å². The summed E-state index contributed by atoms with van der Waals surface area (Å²) in [5, 5.41) is 9.15. The number of hydrogen-bond donors (Lipinski definition) is 1. The second-order valence-electron chi connectivity index (χ2n) is 9.09. The molecule has 0 fully saturated rings. The fourth-order valence-electron chi connectivity index (χ4n) is 3.70. The van der Waals surface area contributed by atoms with Crippen molar-refractivity contribution in [2.75, 3.05) is 0 Å². The fraction of sp³-hybridized carbons (Fsp3) is 0.250. The molecule has 35 heavy (non-hydrogen) atoms. The van der Waals surface area contributed by atoms with Gasteiger partial charge >= 0.3 is 12.1 Å². The molecule has 0 aliphatic carbocycles. The zero-order chi connectivity index (χ0) is 25.8. The summed E-state index contributed by atoms with van der Waals surface area (Å²) in [6.07, 6.45) is -3.01. The summed E-state index contributed by atoms with van der Waals surface area (Å²) in [6, 6.07) is 9.65. The van der Waals surface area contributed by atoms with E-state index in [1.165, 1.54) is 24.3 Å². The molecule has 0 radical (unpaired) electrons. The van der Waals surface area contributed by atoms with Crippen molar-refractivity contribution >= 4 is 26.9 Å². The van der Waals surface area contributed by atoms with E-state index >= 15 is 0 Å². The van der Waals surface area contributed by atoms with Crippen molar-refractivity contribution in [2.45, 2.75) is 43.7 Å². The number of aromatic nitrogens is 2. The van der Waals surface area contributed by atoms with Crippen LogP contribution in [0.2, 0.25) is 0 Å². The number of alkyl halides is 3. The predicted octanol–water partition coefficient (Wildman–Crippen LogP) is 5.47. The second kappa shape index (κ2) is 8.26. The average molecular weight is 507 g/mol. The van der Waals surface area contributed by atoms with Gasteiger partial charge in [0, 0.05) is 17.5 Å². The van der Waals surface area contributed by atoms with E-state index in [0.29, 0.717) is 0 Å². The third-order valence-electron chi connectivity index (χ3n) is 5.50. The van der Waals surface area contributed by atoms with Crippen LogP contribution in [0, 0.1) is 0 Å². The molecule has 0 bridgehead atoms. The number of rotatable bonds is 5. The highest BCUT2D eigenvalue weighted by Gasteiger charge is 2.34. The molecule has 1 N–H and O–H groups in total. The summed E-state index contributed by atoms with van der Waals surface area (Å²) in [6.45, 7) is 5.78. The van der Waals surface area contributed by atoms with Crippen molar-refractivity contribution in [3.63, 3.8) is 0 Å². The molecule has 0 atom stereocenters. The summed E-state index contributed by atoms with van der Waals surface area (Å²) in [5.41, 5.74) is -0.840. The number of aromatic carboxylic acids is 1. The molecule has 0 unspecified atom stereocenters. The second-order valence-corrected chi connectivity index (χ2v) is 10.9. The minimum absolute atomic E-state index is 0.0166. The van der Waals surface area contributed by atoms with Gasteiger partial charge in [-0.25, -0.2) is 22.2 Å². The van der Waals surface area contributed by atoms with Crippen LogP contribution in [0.3, 0.4) is 0 Å². The van der Waals surface area contributed by atoms with E-state index in [2.05, 4.69) is 4.98 Å². The SMILES string of the molecule is CC(C)(C)c1cccc(S(=O)(=O)n2c(Cc3cc(C(=O)O)co3)cc3cc(C(F)(F)F)ncc32)c1. The Labute approximate surface area is 198 Å². The van der Waals surface area contributed by atoms with E-state index in [1.54, 1.807) is 12.1 Å². The normalized spacial score (nSPS) is 12.9. The Morgan fingerprint density at radius 3 is 2.43 bits per heavy atom. The summed E-state index contributed by atoms with van der Waals surface area (Å²) in [7, 11) is -4.28. The summed E-state index contributed by atoms with van der Waals surface area (Å²) < 4.78 is 73.5. The van der Waals surface area contributed by atoms with E-state index in [9.17, 15) is 26.4 Å². The monoisotopic (exact) mass is 506 g/mol. The van der Waals surface area contributed by atoms with Gasteiger partial charge in [0.15, 0.2) is 0 Å². The van der Waals surface area contributed by atoms with E-state index in [4.69, 9.17) is 9.52 Å². The number of fused-ring (bicyclic) bond motifs is 1. The summed E-state index contributed by atoms with van der Waals surface area (Å²) in [4.78, 5) is 14.6. The molecule has 3 aromatic heterocycles. The topological polar surface area (TPSA) is 102 Å². The van der Waals surface area contributed by atoms with Gasteiger partial charge in [-0.1, -0.05) is 32.9 Å². The van der Waals surface area contributed by atoms with Crippen LogP contribution in [0.4, 0.5) is 13.2 Å². The first-order chi connectivity index (χ1) is 16.2. The quantitative estimate of drug-likeness (QED) is 0.385. The molecule has 7 nitrogen and oxygen atoms in total. The van der Waals surface area contributed by atoms with E-state index in [-0.39, 0.29) is 44.7 Å². The Morgan fingerprint density at radius 1 is 1.11 bits per heavy atom. The smallest absolute Gasteiger partial charge is 0.433 e. The van der Waals surface area contributed by atoms with Crippen molar-refractivity contribution in [3.8, 4) is 0 Å². The van der Waals surface area contributed by atoms with Gasteiger partial charge < -0.3 is 9.52 Å². The largest absolute Gasteiger partial charge is 0.478 e. The number of carboxylic acid groups (broad SMARTS) is 1. The molecular weight excluding hydrogens is 485 g/mol. The highest BCUT2D eigenvalue weighted by atomic mass is 32.2. The minimum atomic E-state index is -4.71. The number of halogens is 3. The molecule has 4 rings (SSSR count). The van der Waals surface area contributed by atoms with Gasteiger partial charge in [0.2, 0.25) is 0 Å². The first kappa shape index (κ1) is 24.5. The maximum Gasteiger partial charge on any atom is 0.433 e. The van der Waals surface area contributed by atoms with Gasteiger partial charge in [0.1, 0.15) is 17.7 Å². The van der Waals surface area contributed by atoms with Gasteiger partial charge in [-0.15, -0.1) is 0 Å². The molecule has 0 aliphatic heterocycles. The van der Waals surface area contributed by atoms with Crippen LogP contribution in [0.1, 0.15) is 53.8 Å². The lowest BCUT2D eigenvalue weighted by atomic mass is 9.87. The van der Waals surface area contributed by atoms with Gasteiger partial charge in [-0.05, 0) is 41.3 Å². The van der Waals surface area contributed by atoms with Crippen LogP contribution in [0.15, 0.2) is 64.2 Å². The van der Waals surface area contributed by atoms with Crippen molar-refractivity contribution < 1.29 is 35.9 Å². The molecule has 0 amide bonds. The van der Waals surface area contributed by atoms with Crippen molar-refractivity contribution in [2.24, 2.45) is 0 Å². The highest BCUT2D eigenvalue weighted by Crippen LogP contribution is 2.33. The highest BCUT2D eigenvalue weighted by molar-refractivity contribution is 7.90. The lowest BCUT2D eigenvalue weighted by molar-refractivity contribution is -0.141. The fourth-order valence-corrected chi connectivity index (χ4v) is 5.27. The van der Waals surface area contributed by atoms with Crippen molar-refractivity contribution in [3.05, 3.63) is 83.2 Å². The van der Waals surface area contributed by atoms with Crippen LogP contribution >= 0.6 is 0 Å². The Bertz CT molecular complexity index is 1540. The molecule has 3 heterocycles. The molecule has 184 valence electrons. The van der Waals surface area contributed by atoms with Gasteiger partial charge in [-0.2, -0.15) is 13.2 Å². The zero-order valence-electron chi connectivity index (χ0n) is 18.9. The molecule has 0 spiro atoms. The lowest BCUT2D eigenvalue weighted by Gasteiger charge is -2.20. The number of benzene rings is 1. The average Bonchev–Trinajstić information content (AvgIpc) is 3.37. The molecule has 11 heteroatoms. The maximum atomic E-state index is 13.8. The summed E-state index contributed by atoms with van der Waals surface area (Å²) >= 11 is 0. The Hall–Kier alpha value is -3.60. The van der Waals surface area contributed by atoms with Crippen LogP contribution in [-0.4, -0.2) is 28.5 Å². The van der Waals surface area contributed by atoms with Crippen LogP contribution < -0.4 is 0 Å². The Morgan fingerprint density at radius 2 is 1.83 bits per heavy atom. The van der Waals surface area contributed by atoms with Crippen LogP contribution in [0.25, 0.3) is 10.9 Å². The third kappa shape index (κ3) is 4.68. The first-order valence-corrected chi connectivity index (χ1v) is 11.9. The number of furan rings is 1. The molecule has 1 aromatic carbocycles. The van der Waals surface area contributed by atoms with E-state index < -0.39 is 27.9 Å². The molecule has 0 aliphatic rings. The number of carbonyl (C=O) groups is 1. The maximum absolute atomic E-state index is 13.8. The minimum Gasteiger partial charge on any atom is -0.478 e. The first-order valence-electron chi connectivity index (χ1n) is 10.4. The molecule has 0 saturated carbocycles. The molecule has 4 aromatic rings. The molecular formula is C24H21F3N2O5S. The number of carboxylic acids is 1. The summed E-state index contributed by atoms with van der Waals surface area (Å²) in [5.74, 6) is -1.10. The van der Waals surface area contributed by atoms with Crippen molar-refractivity contribution in [1.82, 2.24) is 8.96 Å². The molecule has 0 saturated heterocycles. The standard InChI is InChI=1S/C24H21F3N2O5S/c1-23(2,3)16-5-4-6-19(10-16)35(32,33)29-17(11-18-8-15(13-34-18)22(30)31)7-14-9-21(24(25,26)27)28-12-20(14)29/h4-10,12-13H,11H2,1-3H3,(H,30,31). The zero-order valence-corrected chi connectivity index (χ0v) is 19.7. The van der Waals surface area contributed by atoms with E-state index in [1.807, 2.05) is 20.8 Å². The number of pyridine rings is 1. The van der Waals surface area contributed by atoms with E-state index in [0.717, 1.165) is 28.1 Å². The van der Waals surface area contributed by atoms with Gasteiger partial charge in [-0.3, -0.25) is 0 Å². The Kier molecular flexibility index (Phi) is 5.79. The van der Waals surface area contributed by atoms with Gasteiger partial charge in [0.25, 0.3) is 10.0 Å². The number of hydrogen-bond acceptors (Lipinski definition) is 5. The lowest BCUT2D eigenvalue weighted by Crippen LogP contribution is -2.18. The number of nitrogens with zero attached hydrogens (tertiary/aromatic N) is 2. The van der Waals surface area contributed by atoms with Crippen LogP contribution in [-0.2, 0) is 28.0 Å². The van der Waals surface area contributed by atoms with Gasteiger partial charge in [0.05, 0.1) is 22.2 Å². The van der Waals surface area contributed by atoms with Crippen LogP contribution in [0.5, 0.6) is 0 Å².